The molecule has 2 aliphatic heterocycles. The number of carbonyl (C=O) groups is 2. The Hall–Kier alpha value is -4.85. The smallest absolute Gasteiger partial charge is 0.305 e. The molecule has 4 heterocycles. The maximum absolute atomic E-state index is 13.1. The van der Waals surface area contributed by atoms with Crippen LogP contribution in [-0.2, 0) is 25.3 Å². The zero-order valence-corrected chi connectivity index (χ0v) is 38.0. The number of methoxy groups -OCH3 is 1. The van der Waals surface area contributed by atoms with Crippen LogP contribution in [-0.4, -0.2) is 97.4 Å². The number of pyridine rings is 1. The van der Waals surface area contributed by atoms with Crippen molar-refractivity contribution in [2.45, 2.75) is 64.6 Å². The first-order valence-corrected chi connectivity index (χ1v) is 23.5. The van der Waals surface area contributed by atoms with Crippen LogP contribution in [0.25, 0.3) is 11.3 Å². The maximum atomic E-state index is 13.1. The highest BCUT2D eigenvalue weighted by Crippen LogP contribution is 2.37. The van der Waals surface area contributed by atoms with Crippen LogP contribution in [0.2, 0.25) is 15.1 Å². The molecule has 2 saturated heterocycles. The Balaban J connectivity index is 1.09. The highest BCUT2D eigenvalue weighted by molar-refractivity contribution is 6.99. The second kappa shape index (κ2) is 19.5. The van der Waals surface area contributed by atoms with E-state index in [0.29, 0.717) is 78.4 Å². The minimum absolute atomic E-state index is 0.0116. The lowest BCUT2D eigenvalue weighted by atomic mass is 9.93. The predicted molar refractivity (Wildman–Crippen MR) is 243 cm³/mol. The fourth-order valence-electron chi connectivity index (χ4n) is 8.70. The van der Waals surface area contributed by atoms with Crippen molar-refractivity contribution >= 4 is 59.7 Å². The molecule has 11 nitrogen and oxygen atoms in total. The number of anilines is 1. The van der Waals surface area contributed by atoms with E-state index in [1.807, 2.05) is 41.3 Å². The zero-order chi connectivity index (χ0) is 43.1. The normalized spacial score (nSPS) is 16.7. The Morgan fingerprint density at radius 3 is 2.03 bits per heavy atom. The molecule has 0 spiro atoms. The van der Waals surface area contributed by atoms with E-state index in [2.05, 4.69) is 79.1 Å². The van der Waals surface area contributed by atoms with Crippen molar-refractivity contribution in [1.29, 1.82) is 0 Å². The third-order valence-electron chi connectivity index (χ3n) is 11.7. The maximum Gasteiger partial charge on any atom is 0.305 e. The number of ether oxygens (including phenoxy) is 2. The number of piperidine rings is 1. The Kier molecular flexibility index (Phi) is 14.1. The first-order valence-electron chi connectivity index (χ1n) is 20.8. The molecule has 0 radical (unpaired) electrons. The minimum atomic E-state index is -2.84. The molecule has 0 aliphatic carbocycles. The van der Waals surface area contributed by atoms with Gasteiger partial charge in [-0.1, -0.05) is 105 Å². The highest BCUT2D eigenvalue weighted by Gasteiger charge is 2.51. The summed E-state index contributed by atoms with van der Waals surface area (Å²) in [6, 6.07) is 30.2. The molecule has 2 aliphatic rings. The molecule has 61 heavy (non-hydrogen) atoms. The van der Waals surface area contributed by atoms with Crippen LogP contribution in [0.4, 0.5) is 5.95 Å². The topological polar surface area (TPSA) is 110 Å². The number of rotatable bonds is 13. The van der Waals surface area contributed by atoms with Gasteiger partial charge in [-0.2, -0.15) is 0 Å². The summed E-state index contributed by atoms with van der Waals surface area (Å²) in [6.07, 6.45) is 5.60. The molecular weight excluding hydrogens is 828 g/mol. The van der Waals surface area contributed by atoms with Crippen LogP contribution in [0.5, 0.6) is 11.6 Å². The summed E-state index contributed by atoms with van der Waals surface area (Å²) in [4.78, 5) is 45.7. The van der Waals surface area contributed by atoms with Gasteiger partial charge in [0.05, 0.1) is 37.8 Å². The number of hydrogen-bond donors (Lipinski definition) is 0. The van der Waals surface area contributed by atoms with Gasteiger partial charge in [0.15, 0.2) is 5.75 Å². The predicted octanol–water partition coefficient (Wildman–Crippen LogP) is 8.03. The van der Waals surface area contributed by atoms with Crippen LogP contribution in [0, 0.1) is 5.92 Å². The molecule has 1 unspecified atom stereocenters. The largest absolute Gasteiger partial charge is 0.469 e. The number of hydrogen-bond acceptors (Lipinski definition) is 10. The van der Waals surface area contributed by atoms with Crippen LogP contribution < -0.4 is 20.0 Å². The molecular formula is C47H54Cl2N6O5Si. The number of benzene rings is 3. The fourth-order valence-corrected chi connectivity index (χ4v) is 13.8. The van der Waals surface area contributed by atoms with Gasteiger partial charge in [-0.25, -0.2) is 15.0 Å². The molecule has 1 amide bonds. The first kappa shape index (κ1) is 44.2. The summed E-state index contributed by atoms with van der Waals surface area (Å²) < 4.78 is 18.6. The molecule has 0 saturated carbocycles. The van der Waals surface area contributed by atoms with Crippen molar-refractivity contribution in [1.82, 2.24) is 24.8 Å². The summed E-state index contributed by atoms with van der Waals surface area (Å²) in [5.41, 5.74) is 2.45. The Morgan fingerprint density at radius 1 is 0.836 bits per heavy atom. The SMILES string of the molecule is COC(=O)CC1CCN(Cc2cc(Oc3cnc(N4CCN(C(C)=O)C(CO[Si](c5ccccc5)(c5ccccc5)C(C)(C)C)C4)nc3)nc(-c3cc(Cl)cc(Cl)c3)c2)CC1. The van der Waals surface area contributed by atoms with Crippen molar-refractivity contribution in [3.63, 3.8) is 0 Å². The van der Waals surface area contributed by atoms with E-state index in [9.17, 15) is 9.59 Å². The molecule has 3 aromatic carbocycles. The molecule has 5 aromatic rings. The number of likely N-dealkylation sites (tertiary alicyclic amines) is 1. The van der Waals surface area contributed by atoms with Crippen LogP contribution in [0.3, 0.4) is 0 Å². The third kappa shape index (κ3) is 10.6. The van der Waals surface area contributed by atoms with Gasteiger partial charge < -0.3 is 23.7 Å². The van der Waals surface area contributed by atoms with Crippen LogP contribution >= 0.6 is 23.2 Å². The Morgan fingerprint density at radius 2 is 1.46 bits per heavy atom. The van der Waals surface area contributed by atoms with Crippen molar-refractivity contribution in [3.8, 4) is 22.9 Å². The second-order valence-electron chi connectivity index (χ2n) is 17.0. The van der Waals surface area contributed by atoms with Crippen molar-refractivity contribution in [2.24, 2.45) is 5.92 Å². The minimum Gasteiger partial charge on any atom is -0.469 e. The molecule has 7 rings (SSSR count). The van der Waals surface area contributed by atoms with Crippen LogP contribution in [0.1, 0.15) is 52.5 Å². The van der Waals surface area contributed by atoms with Crippen LogP contribution in [0.15, 0.2) is 103 Å². The van der Waals surface area contributed by atoms with Gasteiger partial charge in [-0.05, 0) is 77.1 Å². The molecule has 0 bridgehead atoms. The van der Waals surface area contributed by atoms with Crippen molar-refractivity contribution < 1.29 is 23.5 Å². The van der Waals surface area contributed by atoms with E-state index in [0.717, 1.165) is 37.1 Å². The summed E-state index contributed by atoms with van der Waals surface area (Å²) in [5, 5.41) is 3.19. The average molecular weight is 882 g/mol. The monoisotopic (exact) mass is 880 g/mol. The number of carbonyl (C=O) groups excluding carboxylic acids is 2. The molecule has 0 N–H and O–H groups in total. The van der Waals surface area contributed by atoms with Gasteiger partial charge in [0, 0.05) is 61.2 Å². The molecule has 2 aromatic heterocycles. The number of piperazine rings is 1. The fraction of sp³-hybridized carbons (Fsp3) is 0.383. The van der Waals surface area contributed by atoms with E-state index >= 15 is 0 Å². The number of halogens is 2. The Labute approximate surface area is 370 Å². The summed E-state index contributed by atoms with van der Waals surface area (Å²) in [6.45, 7) is 12.7. The lowest BCUT2D eigenvalue weighted by Gasteiger charge is -2.46. The van der Waals surface area contributed by atoms with Gasteiger partial charge in [0.1, 0.15) is 0 Å². The standard InChI is InChI=1S/C47H54Cl2N6O5Si/c1-33(56)55-21-20-54(31-39(55)32-59-61(47(2,3)4,41-12-8-6-9-13-41)42-14-10-7-11-15-42)46-50-28-40(29-51-46)60-44-23-35(22-43(52-44)36-25-37(48)27-38(49)26-36)30-53-18-16-34(17-19-53)24-45(57)58-5/h6-15,22-23,25-29,34,39H,16-21,24,30-32H2,1-5H3. The van der Waals surface area contributed by atoms with E-state index in [1.54, 1.807) is 25.4 Å². The van der Waals surface area contributed by atoms with Crippen molar-refractivity contribution in [3.05, 3.63) is 119 Å². The van der Waals surface area contributed by atoms with E-state index < -0.39 is 8.32 Å². The quantitative estimate of drug-likeness (QED) is 0.0852. The van der Waals surface area contributed by atoms with E-state index in [-0.39, 0.29) is 23.0 Å². The van der Waals surface area contributed by atoms with Gasteiger partial charge in [-0.15, -0.1) is 0 Å². The lowest BCUT2D eigenvalue weighted by molar-refractivity contribution is -0.142. The highest BCUT2D eigenvalue weighted by atomic mass is 35.5. The summed E-state index contributed by atoms with van der Waals surface area (Å²) in [5.74, 6) is 1.53. The Bertz CT molecular complexity index is 2210. The summed E-state index contributed by atoms with van der Waals surface area (Å²) >= 11 is 12.8. The molecule has 1 atom stereocenters. The van der Waals surface area contributed by atoms with E-state index in [4.69, 9.17) is 52.1 Å². The second-order valence-corrected chi connectivity index (χ2v) is 22.1. The lowest BCUT2D eigenvalue weighted by Crippen LogP contribution is -2.68. The van der Waals surface area contributed by atoms with Gasteiger partial charge in [0.25, 0.3) is 8.32 Å². The van der Waals surface area contributed by atoms with Gasteiger partial charge >= 0.3 is 5.97 Å². The number of esters is 1. The average Bonchev–Trinajstić information content (AvgIpc) is 3.24. The molecule has 14 heteroatoms. The van der Waals surface area contributed by atoms with E-state index in [1.165, 1.54) is 17.5 Å². The molecule has 320 valence electrons. The number of aromatic nitrogens is 3. The van der Waals surface area contributed by atoms with Crippen molar-refractivity contribution in [2.75, 3.05) is 51.3 Å². The molecule has 2 fully saturated rings. The first-order chi connectivity index (χ1) is 29.3. The zero-order valence-electron chi connectivity index (χ0n) is 35.5. The van der Waals surface area contributed by atoms with Gasteiger partial charge in [-0.3, -0.25) is 14.5 Å². The third-order valence-corrected chi connectivity index (χ3v) is 17.2. The number of amides is 1. The number of nitrogens with zero attached hydrogens (tertiary/aromatic N) is 6. The summed E-state index contributed by atoms with van der Waals surface area (Å²) in [7, 11) is -1.40. The van der Waals surface area contributed by atoms with Gasteiger partial charge in [0.2, 0.25) is 17.7 Å².